The van der Waals surface area contributed by atoms with Crippen molar-refractivity contribution in [3.8, 4) is 0 Å². The molecule has 0 amide bonds. The number of aromatic nitrogens is 1. The second-order valence-corrected chi connectivity index (χ2v) is 6.52. The molecule has 1 aromatic heterocycles. The summed E-state index contributed by atoms with van der Waals surface area (Å²) >= 11 is 0. The average molecular weight is 269 g/mol. The molecule has 0 saturated carbocycles. The lowest BCUT2D eigenvalue weighted by Gasteiger charge is -2.11. The van der Waals surface area contributed by atoms with Crippen molar-refractivity contribution in [3.63, 3.8) is 0 Å². The maximum atomic E-state index is 11.9. The number of pyridine rings is 1. The highest BCUT2D eigenvalue weighted by molar-refractivity contribution is 7.89. The molecule has 0 radical (unpaired) electrons. The van der Waals surface area contributed by atoms with Gasteiger partial charge in [0, 0.05) is 11.7 Å². The Kier molecular flexibility index (Phi) is 4.31. The fourth-order valence-electron chi connectivity index (χ4n) is 2.10. The topological polar surface area (TPSA) is 71.1 Å². The maximum Gasteiger partial charge on any atom is 0.213 e. The predicted molar refractivity (Wildman–Crippen MR) is 70.6 cm³/mol. The molecule has 1 aromatic rings. The van der Waals surface area contributed by atoms with E-state index in [0.29, 0.717) is 0 Å². The molecule has 1 unspecified atom stereocenters. The number of aryl methyl sites for hydroxylation is 1. The molecule has 0 spiro atoms. The molecule has 1 saturated heterocycles. The van der Waals surface area contributed by atoms with Crippen LogP contribution in [0.2, 0.25) is 0 Å². The summed E-state index contributed by atoms with van der Waals surface area (Å²) in [5.41, 5.74) is 1.64. The smallest absolute Gasteiger partial charge is 0.213 e. The minimum atomic E-state index is -3.23. The summed E-state index contributed by atoms with van der Waals surface area (Å²) in [5, 5.41) is 3.19. The van der Waals surface area contributed by atoms with Gasteiger partial charge >= 0.3 is 0 Å². The van der Waals surface area contributed by atoms with Crippen LogP contribution in [0, 0.1) is 6.92 Å². The summed E-state index contributed by atoms with van der Waals surface area (Å²) in [6, 6.07) is 5.68. The van der Waals surface area contributed by atoms with E-state index < -0.39 is 10.0 Å². The normalized spacial score (nSPS) is 20.2. The lowest BCUT2D eigenvalue weighted by Crippen LogP contribution is -2.36. The molecule has 2 rings (SSSR count). The Morgan fingerprint density at radius 1 is 1.50 bits per heavy atom. The van der Waals surface area contributed by atoms with Crippen LogP contribution in [0.25, 0.3) is 0 Å². The highest BCUT2D eigenvalue weighted by atomic mass is 32.2. The first-order valence-electron chi connectivity index (χ1n) is 6.18. The third kappa shape index (κ3) is 4.04. The molecule has 0 aliphatic carbocycles. The van der Waals surface area contributed by atoms with E-state index in [4.69, 9.17) is 0 Å². The zero-order valence-corrected chi connectivity index (χ0v) is 11.3. The molecule has 18 heavy (non-hydrogen) atoms. The van der Waals surface area contributed by atoms with Crippen LogP contribution >= 0.6 is 0 Å². The molecular weight excluding hydrogens is 250 g/mol. The number of rotatable bonds is 5. The van der Waals surface area contributed by atoms with Gasteiger partial charge < -0.3 is 5.32 Å². The largest absolute Gasteiger partial charge is 0.313 e. The van der Waals surface area contributed by atoms with Gasteiger partial charge in [0.2, 0.25) is 10.0 Å². The van der Waals surface area contributed by atoms with Crippen molar-refractivity contribution < 1.29 is 8.42 Å². The van der Waals surface area contributed by atoms with Gasteiger partial charge in [-0.25, -0.2) is 13.1 Å². The molecule has 6 heteroatoms. The van der Waals surface area contributed by atoms with E-state index in [1.807, 2.05) is 25.1 Å². The summed E-state index contributed by atoms with van der Waals surface area (Å²) in [6.07, 6.45) is 1.99. The van der Waals surface area contributed by atoms with Crippen LogP contribution in [0.15, 0.2) is 18.2 Å². The summed E-state index contributed by atoms with van der Waals surface area (Å²) in [7, 11) is -3.23. The predicted octanol–water partition coefficient (Wildman–Crippen LogP) is 0.561. The molecule has 1 aliphatic heterocycles. The van der Waals surface area contributed by atoms with Crippen molar-refractivity contribution in [2.24, 2.45) is 0 Å². The molecule has 1 atom stereocenters. The third-order valence-corrected chi connectivity index (χ3v) is 4.43. The number of nitrogens with zero attached hydrogens (tertiary/aromatic N) is 1. The summed E-state index contributed by atoms with van der Waals surface area (Å²) < 4.78 is 26.3. The molecule has 1 aliphatic rings. The second kappa shape index (κ2) is 5.77. The van der Waals surface area contributed by atoms with Crippen LogP contribution < -0.4 is 10.0 Å². The van der Waals surface area contributed by atoms with Gasteiger partial charge in [0.05, 0.1) is 18.0 Å². The molecular formula is C12H19N3O2S. The second-order valence-electron chi connectivity index (χ2n) is 4.67. The van der Waals surface area contributed by atoms with Crippen LogP contribution in [0.1, 0.15) is 24.2 Å². The first-order chi connectivity index (χ1) is 8.55. The van der Waals surface area contributed by atoms with Crippen molar-refractivity contribution >= 4 is 10.0 Å². The highest BCUT2D eigenvalue weighted by Crippen LogP contribution is 2.07. The molecule has 1 fully saturated rings. The summed E-state index contributed by atoms with van der Waals surface area (Å²) in [5.74, 6) is 0.152. The Bertz CT molecular complexity index is 496. The van der Waals surface area contributed by atoms with Gasteiger partial charge in [-0.2, -0.15) is 0 Å². The monoisotopic (exact) mass is 269 g/mol. The fraction of sp³-hybridized carbons (Fsp3) is 0.583. The number of nitrogens with one attached hydrogen (secondary N) is 2. The maximum absolute atomic E-state index is 11.9. The lowest BCUT2D eigenvalue weighted by molar-refractivity contribution is 0.562. The first-order valence-corrected chi connectivity index (χ1v) is 7.84. The van der Waals surface area contributed by atoms with Crippen LogP contribution in [-0.2, 0) is 16.6 Å². The molecule has 5 nitrogen and oxygen atoms in total. The van der Waals surface area contributed by atoms with Crippen LogP contribution in [-0.4, -0.2) is 31.7 Å². The molecule has 2 N–H and O–H groups in total. The minimum Gasteiger partial charge on any atom is -0.313 e. The van der Waals surface area contributed by atoms with Crippen molar-refractivity contribution in [2.75, 3.05) is 12.3 Å². The van der Waals surface area contributed by atoms with Gasteiger partial charge in [-0.05, 0) is 38.4 Å². The zero-order chi connectivity index (χ0) is 13.0. The highest BCUT2D eigenvalue weighted by Gasteiger charge is 2.21. The van der Waals surface area contributed by atoms with Gasteiger partial charge in [-0.15, -0.1) is 0 Å². The standard InChI is InChI=1S/C12H19N3O2S/c1-10-4-2-5-11(15-10)8-14-18(16,17)9-12-6-3-7-13-12/h2,4-5,12-14H,3,6-9H2,1H3. The van der Waals surface area contributed by atoms with Crippen LogP contribution in [0.4, 0.5) is 0 Å². The van der Waals surface area contributed by atoms with Crippen molar-refractivity contribution in [3.05, 3.63) is 29.6 Å². The summed E-state index contributed by atoms with van der Waals surface area (Å²) in [6.45, 7) is 3.07. The Balaban J connectivity index is 1.88. The van der Waals surface area contributed by atoms with Gasteiger partial charge in [0.25, 0.3) is 0 Å². The van der Waals surface area contributed by atoms with E-state index >= 15 is 0 Å². The Morgan fingerprint density at radius 3 is 3.00 bits per heavy atom. The van der Waals surface area contributed by atoms with Gasteiger partial charge in [0.15, 0.2) is 0 Å². The molecule has 0 bridgehead atoms. The molecule has 0 aromatic carbocycles. The van der Waals surface area contributed by atoms with Crippen molar-refractivity contribution in [1.29, 1.82) is 0 Å². The quantitative estimate of drug-likeness (QED) is 0.819. The van der Waals surface area contributed by atoms with Crippen molar-refractivity contribution in [1.82, 2.24) is 15.0 Å². The van der Waals surface area contributed by atoms with Gasteiger partial charge in [-0.1, -0.05) is 6.07 Å². The molecule has 2 heterocycles. The van der Waals surface area contributed by atoms with Crippen LogP contribution in [0.5, 0.6) is 0 Å². The van der Waals surface area contributed by atoms with E-state index in [-0.39, 0.29) is 18.3 Å². The van der Waals surface area contributed by atoms with E-state index in [9.17, 15) is 8.42 Å². The fourth-order valence-corrected chi connectivity index (χ4v) is 3.40. The average Bonchev–Trinajstić information content (AvgIpc) is 2.79. The van der Waals surface area contributed by atoms with Gasteiger partial charge in [-0.3, -0.25) is 4.98 Å². The Labute approximate surface area is 108 Å². The number of hydrogen-bond acceptors (Lipinski definition) is 4. The third-order valence-electron chi connectivity index (χ3n) is 3.00. The van der Waals surface area contributed by atoms with Gasteiger partial charge in [0.1, 0.15) is 0 Å². The summed E-state index contributed by atoms with van der Waals surface area (Å²) in [4.78, 5) is 4.27. The SMILES string of the molecule is Cc1cccc(CNS(=O)(=O)CC2CCCN2)n1. The van der Waals surface area contributed by atoms with Crippen LogP contribution in [0.3, 0.4) is 0 Å². The van der Waals surface area contributed by atoms with E-state index in [1.54, 1.807) is 0 Å². The zero-order valence-electron chi connectivity index (χ0n) is 10.5. The molecule has 100 valence electrons. The number of hydrogen-bond donors (Lipinski definition) is 2. The van der Waals surface area contributed by atoms with Crippen molar-refractivity contribution in [2.45, 2.75) is 32.4 Å². The van der Waals surface area contributed by atoms with E-state index in [0.717, 1.165) is 30.8 Å². The van der Waals surface area contributed by atoms with E-state index in [2.05, 4.69) is 15.0 Å². The minimum absolute atomic E-state index is 0.0907. The number of sulfonamides is 1. The first kappa shape index (κ1) is 13.5. The lowest BCUT2D eigenvalue weighted by atomic mass is 10.3. The van der Waals surface area contributed by atoms with E-state index in [1.165, 1.54) is 0 Å². The Hall–Kier alpha value is -0.980. The Morgan fingerprint density at radius 2 is 2.33 bits per heavy atom.